The van der Waals surface area contributed by atoms with Crippen molar-refractivity contribution in [2.24, 2.45) is 0 Å². The van der Waals surface area contributed by atoms with Gasteiger partial charge in [0.1, 0.15) is 24.7 Å². The molecule has 0 unspecified atom stereocenters. The largest absolute Gasteiger partial charge is 0.487 e. The van der Waals surface area contributed by atoms with Gasteiger partial charge in [0.05, 0.1) is 29.6 Å². The van der Waals surface area contributed by atoms with Crippen molar-refractivity contribution < 1.29 is 55.2 Å². The second kappa shape index (κ2) is 20.4. The molecule has 1 N–H and O–H groups in total. The van der Waals surface area contributed by atoms with Crippen LogP contribution in [-0.4, -0.2) is 44.3 Å². The Balaban J connectivity index is 0.000000194. The first-order chi connectivity index (χ1) is 31.1. The van der Waals surface area contributed by atoms with Crippen molar-refractivity contribution in [2.75, 3.05) is 7.11 Å². The van der Waals surface area contributed by atoms with Gasteiger partial charge in [0.25, 0.3) is 0 Å². The topological polar surface area (TPSA) is 91.9 Å². The minimum absolute atomic E-state index is 0.123. The number of alkyl halides is 6. The van der Waals surface area contributed by atoms with Gasteiger partial charge in [0.15, 0.2) is 0 Å². The average Bonchev–Trinajstić information content (AvgIpc) is 3.81. The van der Waals surface area contributed by atoms with Gasteiger partial charge < -0.3 is 28.5 Å². The van der Waals surface area contributed by atoms with E-state index >= 15 is 0 Å². The Morgan fingerprint density at radius 1 is 0.538 bits per heavy atom. The highest BCUT2D eigenvalue weighted by Crippen LogP contribution is 2.38. The van der Waals surface area contributed by atoms with Crippen LogP contribution in [0.4, 0.5) is 26.3 Å². The van der Waals surface area contributed by atoms with Gasteiger partial charge in [-0.2, -0.15) is 26.3 Å². The third-order valence-electron chi connectivity index (χ3n) is 9.90. The first kappa shape index (κ1) is 46.2. The van der Waals surface area contributed by atoms with E-state index in [2.05, 4.69) is 0 Å². The molecule has 2 heterocycles. The van der Waals surface area contributed by atoms with Gasteiger partial charge in [-0.05, 0) is 132 Å². The number of benzene rings is 6. The number of aromatic nitrogens is 2. The Morgan fingerprint density at radius 2 is 0.938 bits per heavy atom. The zero-order chi connectivity index (χ0) is 46.1. The molecule has 8 aromatic rings. The number of esters is 1. The third-order valence-corrected chi connectivity index (χ3v) is 11.4. The molecule has 8 rings (SSSR count). The molecular formula is C49H38F6N2O6S2. The fourth-order valence-electron chi connectivity index (χ4n) is 6.95. The van der Waals surface area contributed by atoms with Crippen LogP contribution in [0.1, 0.15) is 43.2 Å². The van der Waals surface area contributed by atoms with Crippen molar-refractivity contribution in [1.29, 1.82) is 0 Å². The summed E-state index contributed by atoms with van der Waals surface area (Å²) in [5.74, 6) is -0.0221. The Labute approximate surface area is 377 Å². The van der Waals surface area contributed by atoms with E-state index in [4.69, 9.17) is 14.2 Å². The smallest absolute Gasteiger partial charge is 0.446 e. The molecule has 65 heavy (non-hydrogen) atoms. The Hall–Kier alpha value is -6.78. The van der Waals surface area contributed by atoms with E-state index in [1.165, 1.54) is 37.4 Å². The van der Waals surface area contributed by atoms with Crippen LogP contribution in [0, 0.1) is 0 Å². The fourth-order valence-corrected chi connectivity index (χ4v) is 8.03. The zero-order valence-corrected chi connectivity index (χ0v) is 35.9. The van der Waals surface area contributed by atoms with E-state index in [1.807, 2.05) is 88.0 Å². The lowest BCUT2D eigenvalue weighted by Gasteiger charge is -2.13. The van der Waals surface area contributed by atoms with Crippen LogP contribution in [0.3, 0.4) is 0 Å². The highest BCUT2D eigenvalue weighted by atomic mass is 32.2. The van der Waals surface area contributed by atoms with Gasteiger partial charge in [-0.1, -0.05) is 60.7 Å². The lowest BCUT2D eigenvalue weighted by molar-refractivity contribution is -0.0337. The summed E-state index contributed by atoms with van der Waals surface area (Å²) < 4.78 is 96.3. The molecule has 6 aromatic carbocycles. The Kier molecular flexibility index (Phi) is 14.5. The summed E-state index contributed by atoms with van der Waals surface area (Å²) >= 11 is -0.285. The number of hydrogen-bond donors (Lipinski definition) is 1. The molecular weight excluding hydrogens is 891 g/mol. The molecule has 0 saturated carbocycles. The number of ether oxygens (including phenoxy) is 3. The molecule has 0 saturated heterocycles. The first-order valence-corrected chi connectivity index (χ1v) is 21.3. The zero-order valence-electron chi connectivity index (χ0n) is 34.3. The van der Waals surface area contributed by atoms with Gasteiger partial charge in [0.2, 0.25) is 0 Å². The standard InChI is InChI=1S/C25H20F3NO3S.C24H18F3NO3S/c1-31-24(30)18-9-12-23-19(13-18)14-20(16-32-21-5-3-2-4-6-21)29(23)15-17-7-10-22(11-8-17)33-25(26,27)28;25-24(26,27)32-21-9-6-16(7-10-21)14-28-19(15-31-20-4-2-1-3-5-20)13-18-12-17(23(29)30)8-11-22(18)28/h2-14H,15-16H2,1H3;1-13H,14-15H2,(H,29,30). The Bertz CT molecular complexity index is 2880. The van der Waals surface area contributed by atoms with Gasteiger partial charge in [-0.15, -0.1) is 0 Å². The van der Waals surface area contributed by atoms with E-state index in [1.54, 1.807) is 48.5 Å². The van der Waals surface area contributed by atoms with Crippen LogP contribution in [0.25, 0.3) is 21.8 Å². The van der Waals surface area contributed by atoms with E-state index < -0.39 is 23.0 Å². The number of carboxylic acids is 1. The van der Waals surface area contributed by atoms with Crippen molar-refractivity contribution in [1.82, 2.24) is 9.13 Å². The van der Waals surface area contributed by atoms with Gasteiger partial charge in [-0.25, -0.2) is 9.59 Å². The summed E-state index contributed by atoms with van der Waals surface area (Å²) in [4.78, 5) is 23.6. The van der Waals surface area contributed by atoms with E-state index in [-0.39, 0.29) is 52.1 Å². The normalized spacial score (nSPS) is 11.6. The van der Waals surface area contributed by atoms with Crippen molar-refractivity contribution in [3.63, 3.8) is 0 Å². The molecule has 0 aliphatic heterocycles. The number of carbonyl (C=O) groups excluding carboxylic acids is 1. The summed E-state index contributed by atoms with van der Waals surface area (Å²) in [5, 5.41) is 10.9. The molecule has 0 spiro atoms. The van der Waals surface area contributed by atoms with Crippen LogP contribution in [0.5, 0.6) is 11.5 Å². The molecule has 0 bridgehead atoms. The summed E-state index contributed by atoms with van der Waals surface area (Å²) in [5.41, 5.74) is -3.00. The van der Waals surface area contributed by atoms with Crippen LogP contribution in [0.15, 0.2) is 168 Å². The number of rotatable bonds is 14. The number of fused-ring (bicyclic) bond motifs is 2. The van der Waals surface area contributed by atoms with E-state index in [0.29, 0.717) is 24.4 Å². The number of thioether (sulfide) groups is 2. The maximum atomic E-state index is 12.6. The molecule has 8 nitrogen and oxygen atoms in total. The highest BCUT2D eigenvalue weighted by molar-refractivity contribution is 8.00. The number of methoxy groups -OCH3 is 1. The average molecular weight is 929 g/mol. The molecule has 0 radical (unpaired) electrons. The number of nitrogens with zero attached hydrogens (tertiary/aromatic N) is 2. The van der Waals surface area contributed by atoms with Crippen molar-refractivity contribution in [2.45, 2.75) is 47.1 Å². The van der Waals surface area contributed by atoms with Gasteiger partial charge in [-0.3, -0.25) is 0 Å². The first-order valence-electron chi connectivity index (χ1n) is 19.7. The molecule has 0 aliphatic carbocycles. The van der Waals surface area contributed by atoms with Crippen LogP contribution >= 0.6 is 23.5 Å². The molecule has 0 fully saturated rings. The molecule has 0 atom stereocenters. The quantitative estimate of drug-likeness (QED) is 0.0655. The highest BCUT2D eigenvalue weighted by Gasteiger charge is 2.30. The fraction of sp³-hybridized carbons (Fsp3) is 0.143. The van der Waals surface area contributed by atoms with E-state index in [9.17, 15) is 41.0 Å². The summed E-state index contributed by atoms with van der Waals surface area (Å²) in [6, 6.07) is 45.2. The van der Waals surface area contributed by atoms with Crippen LogP contribution in [-0.2, 0) is 31.0 Å². The summed E-state index contributed by atoms with van der Waals surface area (Å²) in [6.45, 7) is 1.38. The molecule has 334 valence electrons. The van der Waals surface area contributed by atoms with Crippen molar-refractivity contribution >= 4 is 57.3 Å². The second-order valence-electron chi connectivity index (χ2n) is 14.4. The molecule has 2 aromatic heterocycles. The maximum absolute atomic E-state index is 12.6. The number of carbonyl (C=O) groups is 2. The van der Waals surface area contributed by atoms with Gasteiger partial charge >= 0.3 is 23.0 Å². The SMILES string of the molecule is COC(=O)c1ccc2c(c1)cc(COc1ccccc1)n2Cc1ccc(SC(F)(F)F)cc1.O=C(O)c1ccc2c(c1)cc(COc1ccccc1)n2Cc1ccc(SC(F)(F)F)cc1. The monoisotopic (exact) mass is 928 g/mol. The number of halogens is 6. The number of aromatic carboxylic acids is 1. The number of para-hydroxylation sites is 2. The van der Waals surface area contributed by atoms with Crippen molar-refractivity contribution in [3.8, 4) is 11.5 Å². The molecule has 0 aliphatic rings. The lowest BCUT2D eigenvalue weighted by Crippen LogP contribution is -2.07. The van der Waals surface area contributed by atoms with Gasteiger partial charge in [0, 0.05) is 44.7 Å². The van der Waals surface area contributed by atoms with Crippen LogP contribution in [0.2, 0.25) is 0 Å². The summed E-state index contributed by atoms with van der Waals surface area (Å²) in [7, 11) is 1.33. The maximum Gasteiger partial charge on any atom is 0.446 e. The predicted molar refractivity (Wildman–Crippen MR) is 239 cm³/mol. The van der Waals surface area contributed by atoms with Crippen LogP contribution < -0.4 is 9.47 Å². The molecule has 16 heteroatoms. The lowest BCUT2D eigenvalue weighted by atomic mass is 10.1. The summed E-state index contributed by atoms with van der Waals surface area (Å²) in [6.07, 6.45) is 0. The minimum Gasteiger partial charge on any atom is -0.487 e. The van der Waals surface area contributed by atoms with Crippen molar-refractivity contribution in [3.05, 3.63) is 191 Å². The second-order valence-corrected chi connectivity index (χ2v) is 16.7. The third kappa shape index (κ3) is 12.7. The van der Waals surface area contributed by atoms with E-state index in [0.717, 1.165) is 50.1 Å². The predicted octanol–water partition coefficient (Wildman–Crippen LogP) is 13.2. The number of carboxylic acid groups (broad SMARTS) is 1. The minimum atomic E-state index is -4.33. The number of hydrogen-bond acceptors (Lipinski definition) is 7. The Morgan fingerprint density at radius 3 is 1.32 bits per heavy atom. The molecule has 0 amide bonds.